The Morgan fingerprint density at radius 3 is 2.36 bits per heavy atom. The van der Waals surface area contributed by atoms with Crippen LogP contribution in [0.4, 0.5) is 5.69 Å². The highest BCUT2D eigenvalue weighted by Gasteiger charge is 2.23. The summed E-state index contributed by atoms with van der Waals surface area (Å²) in [6.07, 6.45) is 0. The molecular formula is C13H14BrN3O4S. The second-order valence-corrected chi connectivity index (χ2v) is 7.80. The van der Waals surface area contributed by atoms with Crippen LogP contribution in [0.3, 0.4) is 0 Å². The Kier molecular flexibility index (Phi) is 4.66. The van der Waals surface area contributed by atoms with E-state index in [1.807, 2.05) is 0 Å². The molecule has 0 N–H and O–H groups in total. The van der Waals surface area contributed by atoms with Gasteiger partial charge in [0.2, 0.25) is 0 Å². The zero-order valence-corrected chi connectivity index (χ0v) is 14.4. The van der Waals surface area contributed by atoms with Gasteiger partial charge in [-0.3, -0.25) is 14.8 Å². The first-order valence-corrected chi connectivity index (χ1v) is 8.83. The molecule has 0 spiro atoms. The van der Waals surface area contributed by atoms with Crippen molar-refractivity contribution >= 4 is 31.5 Å². The first-order valence-electron chi connectivity index (χ1n) is 6.39. The van der Waals surface area contributed by atoms with E-state index >= 15 is 0 Å². The maximum atomic E-state index is 12.3. The zero-order chi connectivity index (χ0) is 16.5. The third-order valence-corrected chi connectivity index (χ3v) is 5.51. The molecule has 2 aromatic rings. The zero-order valence-electron chi connectivity index (χ0n) is 12.0. The van der Waals surface area contributed by atoms with Gasteiger partial charge in [0.05, 0.1) is 22.1 Å². The Hall–Kier alpha value is -1.74. The van der Waals surface area contributed by atoms with Gasteiger partial charge in [0.25, 0.3) is 0 Å². The normalized spacial score (nSPS) is 11.6. The van der Waals surface area contributed by atoms with Crippen molar-refractivity contribution in [2.45, 2.75) is 25.3 Å². The standard InChI is InChI=1S/C13H14BrN3O4S/c1-9-13(17(18)19)10(2)16(15-9)7-8-22(20,21)12-5-3-11(14)4-6-12/h3-6H,7-8H2,1-2H3. The molecule has 0 aliphatic carbocycles. The van der Waals surface area contributed by atoms with Crippen LogP contribution >= 0.6 is 15.9 Å². The molecule has 0 saturated carbocycles. The third-order valence-electron chi connectivity index (χ3n) is 3.27. The first-order chi connectivity index (χ1) is 10.2. The fourth-order valence-electron chi connectivity index (χ4n) is 2.14. The van der Waals surface area contributed by atoms with E-state index in [2.05, 4.69) is 21.0 Å². The molecular weight excluding hydrogens is 374 g/mol. The molecule has 0 atom stereocenters. The summed E-state index contributed by atoms with van der Waals surface area (Å²) in [5.41, 5.74) is 0.568. The molecule has 0 aliphatic heterocycles. The highest BCUT2D eigenvalue weighted by Crippen LogP contribution is 2.22. The van der Waals surface area contributed by atoms with Crippen molar-refractivity contribution in [2.24, 2.45) is 0 Å². The summed E-state index contributed by atoms with van der Waals surface area (Å²) in [5, 5.41) is 15.0. The number of aromatic nitrogens is 2. The van der Waals surface area contributed by atoms with Crippen molar-refractivity contribution in [1.82, 2.24) is 9.78 Å². The maximum Gasteiger partial charge on any atom is 0.312 e. The summed E-state index contributed by atoms with van der Waals surface area (Å²) in [6.45, 7) is 3.16. The average molecular weight is 388 g/mol. The number of nitro groups is 1. The molecule has 118 valence electrons. The monoisotopic (exact) mass is 387 g/mol. The van der Waals surface area contributed by atoms with Crippen LogP contribution in [-0.2, 0) is 16.4 Å². The molecule has 0 radical (unpaired) electrons. The molecule has 22 heavy (non-hydrogen) atoms. The van der Waals surface area contributed by atoms with Crippen molar-refractivity contribution in [3.05, 3.63) is 50.2 Å². The Morgan fingerprint density at radius 1 is 1.27 bits per heavy atom. The van der Waals surface area contributed by atoms with E-state index < -0.39 is 14.8 Å². The summed E-state index contributed by atoms with van der Waals surface area (Å²) in [5.74, 6) is -0.173. The second-order valence-electron chi connectivity index (χ2n) is 4.77. The second kappa shape index (κ2) is 6.17. The van der Waals surface area contributed by atoms with Crippen LogP contribution in [0.5, 0.6) is 0 Å². The van der Waals surface area contributed by atoms with Gasteiger partial charge in [-0.25, -0.2) is 8.42 Å². The van der Waals surface area contributed by atoms with Gasteiger partial charge in [0.15, 0.2) is 9.84 Å². The van der Waals surface area contributed by atoms with E-state index in [1.54, 1.807) is 19.1 Å². The highest BCUT2D eigenvalue weighted by atomic mass is 79.9. The summed E-state index contributed by atoms with van der Waals surface area (Å²) < 4.78 is 26.7. The van der Waals surface area contributed by atoms with E-state index in [1.165, 1.54) is 23.7 Å². The van der Waals surface area contributed by atoms with Crippen LogP contribution in [0.2, 0.25) is 0 Å². The summed E-state index contributed by atoms with van der Waals surface area (Å²) in [6, 6.07) is 6.34. The molecule has 1 aromatic carbocycles. The molecule has 1 heterocycles. The van der Waals surface area contributed by atoms with Crippen LogP contribution in [0.25, 0.3) is 0 Å². The van der Waals surface area contributed by atoms with Gasteiger partial charge in [-0.1, -0.05) is 15.9 Å². The molecule has 7 nitrogen and oxygen atoms in total. The van der Waals surface area contributed by atoms with E-state index in [-0.39, 0.29) is 28.6 Å². The average Bonchev–Trinajstić information content (AvgIpc) is 2.71. The predicted molar refractivity (Wildman–Crippen MR) is 84.6 cm³/mol. The molecule has 0 fully saturated rings. The summed E-state index contributed by atoms with van der Waals surface area (Å²) in [7, 11) is -3.47. The molecule has 9 heteroatoms. The largest absolute Gasteiger partial charge is 0.312 e. The number of sulfone groups is 1. The molecule has 0 unspecified atom stereocenters. The van der Waals surface area contributed by atoms with Crippen LogP contribution < -0.4 is 0 Å². The van der Waals surface area contributed by atoms with Crippen molar-refractivity contribution in [2.75, 3.05) is 5.75 Å². The van der Waals surface area contributed by atoms with Crippen LogP contribution in [0, 0.1) is 24.0 Å². The van der Waals surface area contributed by atoms with Crippen molar-refractivity contribution < 1.29 is 13.3 Å². The van der Waals surface area contributed by atoms with Crippen molar-refractivity contribution in [1.29, 1.82) is 0 Å². The van der Waals surface area contributed by atoms with E-state index in [0.29, 0.717) is 5.69 Å². The topological polar surface area (TPSA) is 95.1 Å². The lowest BCUT2D eigenvalue weighted by Crippen LogP contribution is -2.15. The van der Waals surface area contributed by atoms with E-state index in [4.69, 9.17) is 0 Å². The number of benzene rings is 1. The van der Waals surface area contributed by atoms with Gasteiger partial charge < -0.3 is 0 Å². The fraction of sp³-hybridized carbons (Fsp3) is 0.308. The van der Waals surface area contributed by atoms with Crippen LogP contribution in [0.15, 0.2) is 33.6 Å². The molecule has 2 rings (SSSR count). The third kappa shape index (κ3) is 3.36. The summed E-state index contributed by atoms with van der Waals surface area (Å²) in [4.78, 5) is 10.7. The Morgan fingerprint density at radius 2 is 1.86 bits per heavy atom. The van der Waals surface area contributed by atoms with Gasteiger partial charge in [0, 0.05) is 4.47 Å². The number of aryl methyl sites for hydroxylation is 2. The number of hydrogen-bond donors (Lipinski definition) is 0. The number of halogens is 1. The van der Waals surface area contributed by atoms with E-state index in [0.717, 1.165) is 4.47 Å². The summed E-state index contributed by atoms with van der Waals surface area (Å²) >= 11 is 3.25. The van der Waals surface area contributed by atoms with E-state index in [9.17, 15) is 18.5 Å². The lowest BCUT2D eigenvalue weighted by atomic mass is 10.3. The number of hydrogen-bond acceptors (Lipinski definition) is 5. The quantitative estimate of drug-likeness (QED) is 0.580. The Balaban J connectivity index is 2.21. The molecule has 1 aromatic heterocycles. The molecule has 0 saturated heterocycles. The Bertz CT molecular complexity index is 813. The van der Waals surface area contributed by atoms with Crippen LogP contribution in [-0.4, -0.2) is 28.9 Å². The number of nitrogens with zero attached hydrogens (tertiary/aromatic N) is 3. The smallest absolute Gasteiger partial charge is 0.261 e. The van der Waals surface area contributed by atoms with Gasteiger partial charge in [-0.15, -0.1) is 0 Å². The lowest BCUT2D eigenvalue weighted by Gasteiger charge is -2.06. The number of rotatable bonds is 5. The predicted octanol–water partition coefficient (Wildman–Crippen LogP) is 2.64. The Labute approximate surface area is 136 Å². The minimum atomic E-state index is -3.47. The first kappa shape index (κ1) is 16.6. The molecule has 0 bridgehead atoms. The minimum absolute atomic E-state index is 0.0684. The highest BCUT2D eigenvalue weighted by molar-refractivity contribution is 9.10. The van der Waals surface area contributed by atoms with Gasteiger partial charge in [0.1, 0.15) is 11.4 Å². The van der Waals surface area contributed by atoms with Crippen LogP contribution in [0.1, 0.15) is 11.4 Å². The van der Waals surface area contributed by atoms with Gasteiger partial charge >= 0.3 is 5.69 Å². The van der Waals surface area contributed by atoms with Crippen molar-refractivity contribution in [3.8, 4) is 0 Å². The minimum Gasteiger partial charge on any atom is -0.261 e. The fourth-order valence-corrected chi connectivity index (χ4v) is 3.60. The molecule has 0 amide bonds. The lowest BCUT2D eigenvalue weighted by molar-refractivity contribution is -0.386. The van der Waals surface area contributed by atoms with Crippen molar-refractivity contribution in [3.63, 3.8) is 0 Å². The molecule has 0 aliphatic rings. The maximum absolute atomic E-state index is 12.3. The SMILES string of the molecule is Cc1nn(CCS(=O)(=O)c2ccc(Br)cc2)c(C)c1[N+](=O)[O-]. The van der Waals surface area contributed by atoms with Gasteiger partial charge in [-0.2, -0.15) is 5.10 Å². The van der Waals surface area contributed by atoms with Gasteiger partial charge in [-0.05, 0) is 38.1 Å².